The fourth-order valence-electron chi connectivity index (χ4n) is 2.17. The third-order valence-corrected chi connectivity index (χ3v) is 4.33. The zero-order chi connectivity index (χ0) is 11.4. The summed E-state index contributed by atoms with van der Waals surface area (Å²) in [4.78, 5) is 1.46. The van der Waals surface area contributed by atoms with Gasteiger partial charge in [-0.05, 0) is 43.9 Å². The van der Waals surface area contributed by atoms with Crippen LogP contribution in [-0.2, 0) is 6.42 Å². The Morgan fingerprint density at radius 2 is 2.44 bits per heavy atom. The van der Waals surface area contributed by atoms with Gasteiger partial charge in [0.15, 0.2) is 0 Å². The van der Waals surface area contributed by atoms with Gasteiger partial charge in [-0.15, -0.1) is 23.7 Å². The third-order valence-electron chi connectivity index (χ3n) is 2.99. The summed E-state index contributed by atoms with van der Waals surface area (Å²) in [5.74, 6) is 2.67. The van der Waals surface area contributed by atoms with Crippen molar-refractivity contribution in [2.75, 3.05) is 6.54 Å². The first-order chi connectivity index (χ1) is 7.81. The summed E-state index contributed by atoms with van der Waals surface area (Å²) in [7, 11) is 0. The van der Waals surface area contributed by atoms with Crippen molar-refractivity contribution in [3.05, 3.63) is 20.8 Å². The number of unbranched alkanes of at least 4 members (excludes halogenated alkanes) is 2. The highest BCUT2D eigenvalue weighted by Gasteiger charge is 2.24. The van der Waals surface area contributed by atoms with Gasteiger partial charge in [0.2, 0.25) is 0 Å². The van der Waals surface area contributed by atoms with Crippen LogP contribution in [0.5, 0.6) is 0 Å². The van der Waals surface area contributed by atoms with Gasteiger partial charge in [0.1, 0.15) is 0 Å². The predicted molar refractivity (Wildman–Crippen MR) is 71.1 cm³/mol. The Bertz CT molecular complexity index is 391. The molecule has 1 aliphatic rings. The van der Waals surface area contributed by atoms with Crippen LogP contribution in [0.25, 0.3) is 0 Å². The van der Waals surface area contributed by atoms with Crippen LogP contribution in [0, 0.1) is 12.3 Å². The standard InChI is InChI=1S/C13H16ClNS/c1-2-3-4-5-8-15-11-6-7-12-10(11)9-13(14)16-12/h1,9,11,15H,3-8H2. The van der Waals surface area contributed by atoms with E-state index in [0.29, 0.717) is 6.04 Å². The molecule has 0 saturated carbocycles. The maximum atomic E-state index is 6.01. The highest BCUT2D eigenvalue weighted by molar-refractivity contribution is 7.16. The zero-order valence-electron chi connectivity index (χ0n) is 9.26. The van der Waals surface area contributed by atoms with Gasteiger partial charge in [-0.25, -0.2) is 0 Å². The van der Waals surface area contributed by atoms with E-state index in [-0.39, 0.29) is 0 Å². The van der Waals surface area contributed by atoms with Gasteiger partial charge in [0.25, 0.3) is 0 Å². The Morgan fingerprint density at radius 1 is 1.56 bits per heavy atom. The van der Waals surface area contributed by atoms with Crippen LogP contribution in [0.1, 0.15) is 42.2 Å². The highest BCUT2D eigenvalue weighted by Crippen LogP contribution is 2.39. The van der Waals surface area contributed by atoms with Crippen molar-refractivity contribution in [1.82, 2.24) is 5.32 Å². The van der Waals surface area contributed by atoms with Crippen LogP contribution < -0.4 is 5.32 Å². The molecule has 1 unspecified atom stereocenters. The van der Waals surface area contributed by atoms with Crippen molar-refractivity contribution in [2.45, 2.75) is 38.1 Å². The second-order valence-electron chi connectivity index (χ2n) is 4.14. The van der Waals surface area contributed by atoms with Crippen LogP contribution in [0.15, 0.2) is 6.07 Å². The summed E-state index contributed by atoms with van der Waals surface area (Å²) in [6.07, 6.45) is 10.8. The number of terminal acetylenes is 1. The molecule has 0 spiro atoms. The molecule has 1 aliphatic carbocycles. The van der Waals surface area contributed by atoms with Gasteiger partial charge in [0.05, 0.1) is 4.34 Å². The van der Waals surface area contributed by atoms with Crippen LogP contribution in [0.2, 0.25) is 4.34 Å². The molecule has 0 saturated heterocycles. The summed E-state index contributed by atoms with van der Waals surface area (Å²) in [6.45, 7) is 1.05. The van der Waals surface area contributed by atoms with Crippen molar-refractivity contribution >= 4 is 22.9 Å². The number of thiophene rings is 1. The normalized spacial score (nSPS) is 18.4. The molecule has 1 nitrogen and oxygen atoms in total. The molecule has 86 valence electrons. The van der Waals surface area contributed by atoms with Crippen LogP contribution in [0.4, 0.5) is 0 Å². The van der Waals surface area contributed by atoms with Crippen molar-refractivity contribution in [3.63, 3.8) is 0 Å². The summed E-state index contributed by atoms with van der Waals surface area (Å²) in [5, 5.41) is 3.59. The van der Waals surface area contributed by atoms with Crippen molar-refractivity contribution in [1.29, 1.82) is 0 Å². The minimum Gasteiger partial charge on any atom is -0.310 e. The topological polar surface area (TPSA) is 12.0 Å². The van der Waals surface area contributed by atoms with Gasteiger partial charge in [0, 0.05) is 17.3 Å². The molecule has 3 heteroatoms. The Balaban J connectivity index is 1.78. The molecule has 1 aromatic rings. The van der Waals surface area contributed by atoms with E-state index in [1.807, 2.05) is 0 Å². The van der Waals surface area contributed by atoms with E-state index in [1.54, 1.807) is 11.3 Å². The summed E-state index contributed by atoms with van der Waals surface area (Å²) >= 11 is 7.74. The first-order valence-corrected chi connectivity index (χ1v) is 6.95. The predicted octanol–water partition coefficient (Wildman–Crippen LogP) is 3.78. The fourth-order valence-corrected chi connectivity index (χ4v) is 3.53. The van der Waals surface area contributed by atoms with Gasteiger partial charge >= 0.3 is 0 Å². The molecule has 0 fully saturated rings. The van der Waals surface area contributed by atoms with E-state index in [2.05, 4.69) is 17.3 Å². The van der Waals surface area contributed by atoms with Crippen LogP contribution in [0.3, 0.4) is 0 Å². The number of aryl methyl sites for hydroxylation is 1. The maximum absolute atomic E-state index is 6.01. The Labute approximate surface area is 106 Å². The minimum atomic E-state index is 0.518. The molecule has 2 rings (SSSR count). The molecule has 0 amide bonds. The molecular weight excluding hydrogens is 238 g/mol. The monoisotopic (exact) mass is 253 g/mol. The molecule has 0 bridgehead atoms. The van der Waals surface area contributed by atoms with E-state index in [0.717, 1.165) is 30.1 Å². The molecule has 0 aromatic carbocycles. The summed E-state index contributed by atoms with van der Waals surface area (Å²) in [6, 6.07) is 2.64. The number of rotatable bonds is 5. The van der Waals surface area contributed by atoms with E-state index in [9.17, 15) is 0 Å². The van der Waals surface area contributed by atoms with E-state index in [4.69, 9.17) is 18.0 Å². The van der Waals surface area contributed by atoms with E-state index < -0.39 is 0 Å². The summed E-state index contributed by atoms with van der Waals surface area (Å²) < 4.78 is 0.920. The molecule has 1 aromatic heterocycles. The SMILES string of the molecule is C#CCCCCNC1CCc2sc(Cl)cc21. The first kappa shape index (κ1) is 12.0. The average Bonchev–Trinajstić information content (AvgIpc) is 2.78. The third kappa shape index (κ3) is 2.79. The van der Waals surface area contributed by atoms with Gasteiger partial charge in [-0.1, -0.05) is 11.6 Å². The minimum absolute atomic E-state index is 0.518. The largest absolute Gasteiger partial charge is 0.310 e. The molecule has 0 aliphatic heterocycles. The fraction of sp³-hybridized carbons (Fsp3) is 0.538. The van der Waals surface area contributed by atoms with E-state index in [1.165, 1.54) is 23.3 Å². The van der Waals surface area contributed by atoms with Gasteiger partial charge < -0.3 is 5.32 Å². The van der Waals surface area contributed by atoms with Crippen LogP contribution >= 0.6 is 22.9 Å². The van der Waals surface area contributed by atoms with Crippen LogP contribution in [-0.4, -0.2) is 6.54 Å². The summed E-state index contributed by atoms with van der Waals surface area (Å²) in [5.41, 5.74) is 1.42. The second-order valence-corrected chi connectivity index (χ2v) is 5.90. The molecule has 1 N–H and O–H groups in total. The molecule has 16 heavy (non-hydrogen) atoms. The Hall–Kier alpha value is -0.490. The Morgan fingerprint density at radius 3 is 3.25 bits per heavy atom. The maximum Gasteiger partial charge on any atom is 0.0934 e. The highest BCUT2D eigenvalue weighted by atomic mass is 35.5. The number of fused-ring (bicyclic) bond motifs is 1. The number of hydrogen-bond donors (Lipinski definition) is 1. The smallest absolute Gasteiger partial charge is 0.0934 e. The lowest BCUT2D eigenvalue weighted by Gasteiger charge is -2.12. The molecule has 1 heterocycles. The van der Waals surface area contributed by atoms with Crippen molar-refractivity contribution < 1.29 is 0 Å². The van der Waals surface area contributed by atoms with Gasteiger partial charge in [-0.3, -0.25) is 0 Å². The quantitative estimate of drug-likeness (QED) is 0.622. The molecule has 0 radical (unpaired) electrons. The second kappa shape index (κ2) is 5.72. The van der Waals surface area contributed by atoms with Crippen molar-refractivity contribution in [3.8, 4) is 12.3 Å². The number of hydrogen-bond acceptors (Lipinski definition) is 2. The number of nitrogens with one attached hydrogen (secondary N) is 1. The van der Waals surface area contributed by atoms with Gasteiger partial charge in [-0.2, -0.15) is 0 Å². The lowest BCUT2D eigenvalue weighted by molar-refractivity contribution is 0.514. The zero-order valence-corrected chi connectivity index (χ0v) is 10.8. The Kier molecular flexibility index (Phi) is 4.29. The lowest BCUT2D eigenvalue weighted by atomic mass is 10.1. The first-order valence-electron chi connectivity index (χ1n) is 5.76. The molecule has 1 atom stereocenters. The number of halogens is 1. The molecular formula is C13H16ClNS. The van der Waals surface area contributed by atoms with Crippen molar-refractivity contribution in [2.24, 2.45) is 0 Å². The van der Waals surface area contributed by atoms with E-state index >= 15 is 0 Å². The average molecular weight is 254 g/mol. The lowest BCUT2D eigenvalue weighted by Crippen LogP contribution is -2.20.